The van der Waals surface area contributed by atoms with E-state index in [1.54, 1.807) is 0 Å². The van der Waals surface area contributed by atoms with Crippen molar-refractivity contribution in [1.82, 2.24) is 0 Å². The molecule has 0 heterocycles. The van der Waals surface area contributed by atoms with Gasteiger partial charge >= 0.3 is 11.8 Å². The molecule has 0 aliphatic carbocycles. The summed E-state index contributed by atoms with van der Waals surface area (Å²) in [5.41, 5.74) is 2.25. The van der Waals surface area contributed by atoms with E-state index in [1.165, 1.54) is 54.7 Å². The predicted molar refractivity (Wildman–Crippen MR) is 198 cm³/mol. The third-order valence-electron chi connectivity index (χ3n) is 8.33. The Hall–Kier alpha value is -4.58. The lowest BCUT2D eigenvalue weighted by Gasteiger charge is -2.29. The van der Waals surface area contributed by atoms with E-state index < -0.39 is 11.8 Å². The smallest absolute Gasteiger partial charge is 0.321 e. The van der Waals surface area contributed by atoms with Crippen molar-refractivity contribution < 1.29 is 19.1 Å². The van der Waals surface area contributed by atoms with Crippen molar-refractivity contribution in [3.05, 3.63) is 109 Å². The number of carbonyl (C=O) groups is 2. The highest BCUT2D eigenvalue weighted by Gasteiger charge is 2.33. The number of amides is 2. The number of ether oxygens (including phenoxy) is 2. The minimum absolute atomic E-state index is 0.479. The monoisotopic (exact) mass is 648 g/mol. The summed E-state index contributed by atoms with van der Waals surface area (Å²) in [5, 5.41) is 0. The number of hydrogen-bond acceptors (Lipinski definition) is 4. The van der Waals surface area contributed by atoms with E-state index in [2.05, 4.69) is 13.8 Å². The lowest BCUT2D eigenvalue weighted by atomic mass is 10.1. The number of hydrogen-bond donors (Lipinski definition) is 0. The van der Waals surface area contributed by atoms with Crippen LogP contribution in [0.25, 0.3) is 0 Å². The van der Waals surface area contributed by atoms with Crippen molar-refractivity contribution in [1.29, 1.82) is 0 Å². The van der Waals surface area contributed by atoms with Gasteiger partial charge < -0.3 is 9.47 Å². The second-order valence-corrected chi connectivity index (χ2v) is 12.1. The lowest BCUT2D eigenvalue weighted by molar-refractivity contribution is -0.135. The number of carbonyl (C=O) groups excluding carboxylic acids is 2. The molecule has 48 heavy (non-hydrogen) atoms. The van der Waals surface area contributed by atoms with Gasteiger partial charge in [-0.05, 0) is 61.4 Å². The number of unbranched alkanes of at least 4 members (excludes halogenated alkanes) is 10. The van der Waals surface area contributed by atoms with Crippen molar-refractivity contribution in [2.24, 2.45) is 0 Å². The Balaban J connectivity index is 1.68. The molecule has 0 aliphatic rings. The summed E-state index contributed by atoms with van der Waals surface area (Å²) in [7, 11) is 0. The number of anilines is 4. The fourth-order valence-electron chi connectivity index (χ4n) is 5.73. The van der Waals surface area contributed by atoms with E-state index in [0.717, 1.165) is 32.1 Å². The van der Waals surface area contributed by atoms with E-state index in [4.69, 9.17) is 9.47 Å². The Morgan fingerprint density at radius 1 is 0.458 bits per heavy atom. The molecule has 0 aliphatic heterocycles. The van der Waals surface area contributed by atoms with E-state index in [0.29, 0.717) is 47.5 Å². The third kappa shape index (κ3) is 10.7. The maximum absolute atomic E-state index is 14.6. The van der Waals surface area contributed by atoms with Crippen LogP contribution in [-0.4, -0.2) is 25.0 Å². The highest BCUT2D eigenvalue weighted by molar-refractivity contribution is 6.47. The Bertz CT molecular complexity index is 1450. The molecule has 4 aromatic carbocycles. The Morgan fingerprint density at radius 3 is 1.38 bits per heavy atom. The summed E-state index contributed by atoms with van der Waals surface area (Å²) < 4.78 is 12.9. The normalized spacial score (nSPS) is 10.8. The molecule has 0 saturated heterocycles. The first-order chi connectivity index (χ1) is 23.7. The van der Waals surface area contributed by atoms with Crippen molar-refractivity contribution in [3.63, 3.8) is 0 Å². The molecule has 4 aromatic rings. The maximum Gasteiger partial charge on any atom is 0.321 e. The largest absolute Gasteiger partial charge is 0.490 e. The molecule has 0 unspecified atom stereocenters. The molecule has 2 amide bonds. The van der Waals surface area contributed by atoms with Crippen LogP contribution < -0.4 is 19.3 Å². The van der Waals surface area contributed by atoms with Gasteiger partial charge in [0.1, 0.15) is 0 Å². The molecule has 0 bridgehead atoms. The van der Waals surface area contributed by atoms with Gasteiger partial charge in [0, 0.05) is 17.1 Å². The topological polar surface area (TPSA) is 59.1 Å². The Labute approximate surface area is 287 Å². The zero-order valence-corrected chi connectivity index (χ0v) is 28.8. The molecular weight excluding hydrogens is 596 g/mol. The van der Waals surface area contributed by atoms with E-state index in [-0.39, 0.29) is 0 Å². The molecular formula is C42H52N2O4. The number of nitrogens with zero attached hydrogens (tertiary/aromatic N) is 2. The van der Waals surface area contributed by atoms with Crippen LogP contribution in [0.3, 0.4) is 0 Å². The molecule has 0 atom stereocenters. The van der Waals surface area contributed by atoms with Gasteiger partial charge in [0.15, 0.2) is 11.5 Å². The predicted octanol–water partition coefficient (Wildman–Crippen LogP) is 11.2. The second-order valence-electron chi connectivity index (χ2n) is 12.1. The summed E-state index contributed by atoms with van der Waals surface area (Å²) in [6.45, 7) is 5.48. The van der Waals surface area contributed by atoms with Gasteiger partial charge in [-0.3, -0.25) is 19.4 Å². The van der Waals surface area contributed by atoms with Crippen molar-refractivity contribution in [2.75, 3.05) is 23.0 Å². The van der Waals surface area contributed by atoms with Gasteiger partial charge in [0.2, 0.25) is 0 Å². The summed E-state index contributed by atoms with van der Waals surface area (Å²) in [5.74, 6) is -0.327. The van der Waals surface area contributed by atoms with E-state index in [9.17, 15) is 9.59 Å². The van der Waals surface area contributed by atoms with Crippen LogP contribution in [0.2, 0.25) is 0 Å². The molecule has 0 fully saturated rings. The highest BCUT2D eigenvalue weighted by Crippen LogP contribution is 2.42. The van der Waals surface area contributed by atoms with Crippen LogP contribution in [0.1, 0.15) is 90.9 Å². The number of para-hydroxylation sites is 4. The molecule has 6 nitrogen and oxygen atoms in total. The highest BCUT2D eigenvalue weighted by atomic mass is 16.5. The van der Waals surface area contributed by atoms with Crippen molar-refractivity contribution >= 4 is 34.6 Å². The molecule has 6 heteroatoms. The van der Waals surface area contributed by atoms with Gasteiger partial charge in [0.05, 0.1) is 18.9 Å². The average molecular weight is 649 g/mol. The fraction of sp³-hybridized carbons (Fsp3) is 0.381. The molecule has 0 radical (unpaired) electrons. The summed E-state index contributed by atoms with van der Waals surface area (Å²) >= 11 is 0. The van der Waals surface area contributed by atoms with Crippen molar-refractivity contribution in [3.8, 4) is 11.5 Å². The molecule has 4 rings (SSSR count). The minimum atomic E-state index is -0.702. The standard InChI is InChI=1S/C42H52N2O4/c1-3-5-7-9-11-22-33-47-39-32-24-31-38(40(39)48-34-23-12-10-8-6-4-2)44(37-29-20-15-21-30-37)42(46)41(45)43(35-25-16-13-17-26-35)36-27-18-14-19-28-36/h13-21,24-32H,3-12,22-23,33-34H2,1-2H3. The second kappa shape index (κ2) is 20.6. The molecule has 0 spiro atoms. The van der Waals surface area contributed by atoms with Crippen LogP contribution in [0, 0.1) is 0 Å². The Kier molecular flexibility index (Phi) is 15.6. The summed E-state index contributed by atoms with van der Waals surface area (Å²) in [6, 6.07) is 33.4. The van der Waals surface area contributed by atoms with Gasteiger partial charge in [-0.2, -0.15) is 0 Å². The SMILES string of the molecule is CCCCCCCCOc1cccc(N(C(=O)C(=O)N(c2ccccc2)c2ccccc2)c2ccccc2)c1OCCCCCCCC. The van der Waals surface area contributed by atoms with E-state index in [1.807, 2.05) is 109 Å². The van der Waals surface area contributed by atoms with E-state index >= 15 is 0 Å². The first-order valence-electron chi connectivity index (χ1n) is 17.9. The molecule has 0 aromatic heterocycles. The summed E-state index contributed by atoms with van der Waals surface area (Å²) in [4.78, 5) is 31.9. The van der Waals surface area contributed by atoms with Crippen LogP contribution in [0.15, 0.2) is 109 Å². The molecule has 0 saturated carbocycles. The maximum atomic E-state index is 14.6. The fourth-order valence-corrected chi connectivity index (χ4v) is 5.73. The van der Waals surface area contributed by atoms with Gasteiger partial charge in [-0.15, -0.1) is 0 Å². The van der Waals surface area contributed by atoms with Gasteiger partial charge in [0.25, 0.3) is 0 Å². The quantitative estimate of drug-likeness (QED) is 0.0707. The Morgan fingerprint density at radius 2 is 0.875 bits per heavy atom. The first-order valence-corrected chi connectivity index (χ1v) is 17.9. The number of benzene rings is 4. The van der Waals surface area contributed by atoms with Crippen LogP contribution in [0.5, 0.6) is 11.5 Å². The zero-order valence-electron chi connectivity index (χ0n) is 28.8. The minimum Gasteiger partial charge on any atom is -0.490 e. The van der Waals surface area contributed by atoms with Crippen LogP contribution in [-0.2, 0) is 9.59 Å². The molecule has 254 valence electrons. The van der Waals surface area contributed by atoms with Crippen LogP contribution in [0.4, 0.5) is 22.7 Å². The molecule has 0 N–H and O–H groups in total. The zero-order chi connectivity index (χ0) is 33.8. The number of rotatable bonds is 20. The summed E-state index contributed by atoms with van der Waals surface area (Å²) in [6.07, 6.45) is 13.7. The first kappa shape index (κ1) is 36.3. The average Bonchev–Trinajstić information content (AvgIpc) is 3.13. The van der Waals surface area contributed by atoms with Gasteiger partial charge in [-0.25, -0.2) is 0 Å². The third-order valence-corrected chi connectivity index (χ3v) is 8.33. The van der Waals surface area contributed by atoms with Crippen LogP contribution >= 0.6 is 0 Å². The van der Waals surface area contributed by atoms with Crippen molar-refractivity contribution in [2.45, 2.75) is 90.9 Å². The van der Waals surface area contributed by atoms with Gasteiger partial charge in [-0.1, -0.05) is 139 Å². The lowest BCUT2D eigenvalue weighted by Crippen LogP contribution is -2.42.